The van der Waals surface area contributed by atoms with Crippen LogP contribution in [0.25, 0.3) is 0 Å². The van der Waals surface area contributed by atoms with Crippen molar-refractivity contribution in [2.75, 3.05) is 13.1 Å². The minimum absolute atomic E-state index is 0.0281. The molecular weight excluding hydrogens is 344 g/mol. The second-order valence-corrected chi connectivity index (χ2v) is 7.01. The van der Waals surface area contributed by atoms with Gasteiger partial charge in [-0.15, -0.1) is 0 Å². The summed E-state index contributed by atoms with van der Waals surface area (Å²) in [5, 5.41) is 18.6. The number of carbonyl (C=O) groups is 4. The fourth-order valence-corrected chi connectivity index (χ4v) is 1.59. The van der Waals surface area contributed by atoms with Crippen molar-refractivity contribution >= 4 is 24.0 Å². The number of hydrogen-bond acceptors (Lipinski definition) is 6. The lowest BCUT2D eigenvalue weighted by molar-refractivity contribution is -0.152. The highest BCUT2D eigenvalue weighted by atomic mass is 16.4. The number of carbonyl (C=O) groups excluding carboxylic acids is 2. The van der Waals surface area contributed by atoms with Crippen LogP contribution >= 0.6 is 0 Å². The Balaban J connectivity index is 5.12. The van der Waals surface area contributed by atoms with Crippen molar-refractivity contribution in [3.8, 4) is 0 Å². The minimum atomic E-state index is -1.69. The Morgan fingerprint density at radius 1 is 0.692 bits per heavy atom. The van der Waals surface area contributed by atoms with E-state index < -0.39 is 24.0 Å². The van der Waals surface area contributed by atoms with Crippen LogP contribution in [0.1, 0.15) is 41.5 Å². The fraction of sp³-hybridized carbons (Fsp3) is 0.750. The monoisotopic (exact) mass is 374 g/mol. The molecule has 10 nitrogen and oxygen atoms in total. The van der Waals surface area contributed by atoms with E-state index in [9.17, 15) is 19.2 Å². The smallest absolute Gasteiger partial charge is 0.429 e. The van der Waals surface area contributed by atoms with E-state index in [-0.39, 0.29) is 46.8 Å². The van der Waals surface area contributed by atoms with Gasteiger partial charge < -0.3 is 10.2 Å². The van der Waals surface area contributed by atoms with Crippen molar-refractivity contribution in [3.63, 3.8) is 0 Å². The summed E-state index contributed by atoms with van der Waals surface area (Å²) in [6.45, 7) is 11.7. The molecule has 0 aliphatic carbocycles. The molecule has 2 atom stereocenters. The second-order valence-electron chi connectivity index (χ2n) is 7.01. The molecule has 0 fully saturated rings. The van der Waals surface area contributed by atoms with Gasteiger partial charge in [-0.25, -0.2) is 20.4 Å². The standard InChI is InChI=1S/C16H30N4O6/c1-9(2)11(5)7-17-19(15(23)24)13(21)14(22)20(16(25)26)18-8-12(6)10(3)4/h9-12,17-18H,7-8H2,1-6H3,(H,23,24)(H,25,26). The zero-order chi connectivity index (χ0) is 20.6. The number of imide groups is 2. The first-order valence-corrected chi connectivity index (χ1v) is 8.51. The van der Waals surface area contributed by atoms with Gasteiger partial charge in [0.1, 0.15) is 0 Å². The Kier molecular flexibility index (Phi) is 9.81. The molecule has 0 aliphatic heterocycles. The lowest BCUT2D eigenvalue weighted by atomic mass is 9.99. The molecule has 0 rings (SSSR count). The lowest BCUT2D eigenvalue weighted by Gasteiger charge is -2.25. The van der Waals surface area contributed by atoms with Crippen molar-refractivity contribution in [1.29, 1.82) is 0 Å². The van der Waals surface area contributed by atoms with Crippen LogP contribution in [-0.2, 0) is 9.59 Å². The molecule has 0 saturated heterocycles. The highest BCUT2D eigenvalue weighted by Crippen LogP contribution is 2.09. The molecule has 150 valence electrons. The highest BCUT2D eigenvalue weighted by Gasteiger charge is 2.35. The van der Waals surface area contributed by atoms with Crippen molar-refractivity contribution in [2.24, 2.45) is 23.7 Å². The van der Waals surface area contributed by atoms with Gasteiger partial charge in [-0.05, 0) is 23.7 Å². The van der Waals surface area contributed by atoms with Crippen LogP contribution in [0.2, 0.25) is 0 Å². The Labute approximate surface area is 153 Å². The molecule has 0 radical (unpaired) electrons. The van der Waals surface area contributed by atoms with Gasteiger partial charge in [0, 0.05) is 13.1 Å². The Morgan fingerprint density at radius 2 is 0.962 bits per heavy atom. The predicted molar refractivity (Wildman–Crippen MR) is 93.8 cm³/mol. The third kappa shape index (κ3) is 7.36. The van der Waals surface area contributed by atoms with E-state index >= 15 is 0 Å². The summed E-state index contributed by atoms with van der Waals surface area (Å²) in [7, 11) is 0. The lowest BCUT2D eigenvalue weighted by Crippen LogP contribution is -2.58. The first-order valence-electron chi connectivity index (χ1n) is 8.51. The summed E-state index contributed by atoms with van der Waals surface area (Å²) in [5.74, 6) is -2.50. The molecule has 0 aromatic rings. The van der Waals surface area contributed by atoms with Crippen LogP contribution in [0.15, 0.2) is 0 Å². The molecule has 4 amide bonds. The van der Waals surface area contributed by atoms with Crippen LogP contribution in [0.5, 0.6) is 0 Å². The molecule has 4 N–H and O–H groups in total. The molecule has 0 bridgehead atoms. The number of carboxylic acid groups (broad SMARTS) is 2. The molecule has 0 aromatic carbocycles. The van der Waals surface area contributed by atoms with Crippen molar-refractivity contribution in [3.05, 3.63) is 0 Å². The summed E-state index contributed by atoms with van der Waals surface area (Å²) in [5.41, 5.74) is 4.75. The molecule has 10 heteroatoms. The third-order valence-electron chi connectivity index (χ3n) is 4.39. The summed E-state index contributed by atoms with van der Waals surface area (Å²) < 4.78 is 0. The Hall–Kier alpha value is -2.20. The summed E-state index contributed by atoms with van der Waals surface area (Å²) in [6.07, 6.45) is -3.39. The van der Waals surface area contributed by atoms with Crippen LogP contribution in [-0.4, -0.2) is 57.3 Å². The number of hydrazine groups is 2. The second kappa shape index (κ2) is 10.7. The van der Waals surface area contributed by atoms with Crippen molar-refractivity contribution < 1.29 is 29.4 Å². The van der Waals surface area contributed by atoms with E-state index in [1.807, 2.05) is 41.5 Å². The molecule has 0 spiro atoms. The predicted octanol–water partition coefficient (Wildman–Crippen LogP) is 1.59. The van der Waals surface area contributed by atoms with Gasteiger partial charge in [0.25, 0.3) is 0 Å². The summed E-state index contributed by atoms with van der Waals surface area (Å²) >= 11 is 0. The number of nitrogens with one attached hydrogen (secondary N) is 2. The van der Waals surface area contributed by atoms with Crippen LogP contribution in [0.4, 0.5) is 9.59 Å². The van der Waals surface area contributed by atoms with E-state index in [0.29, 0.717) is 0 Å². The quantitative estimate of drug-likeness (QED) is 0.371. The maximum atomic E-state index is 12.2. The third-order valence-corrected chi connectivity index (χ3v) is 4.39. The molecular formula is C16H30N4O6. The number of hydrogen-bond donors (Lipinski definition) is 4. The van der Waals surface area contributed by atoms with Crippen LogP contribution in [0, 0.1) is 23.7 Å². The first-order chi connectivity index (χ1) is 11.9. The van der Waals surface area contributed by atoms with Crippen LogP contribution < -0.4 is 10.9 Å². The molecule has 0 saturated carbocycles. The zero-order valence-electron chi connectivity index (χ0n) is 16.1. The molecule has 0 aliphatic rings. The van der Waals surface area contributed by atoms with Gasteiger partial charge in [-0.1, -0.05) is 41.5 Å². The Bertz CT molecular complexity index is 477. The largest absolute Gasteiger partial charge is 0.464 e. The van der Waals surface area contributed by atoms with Crippen molar-refractivity contribution in [1.82, 2.24) is 20.9 Å². The molecule has 2 unspecified atom stereocenters. The normalized spacial score (nSPS) is 13.4. The van der Waals surface area contributed by atoms with Gasteiger partial charge >= 0.3 is 24.0 Å². The number of rotatable bonds is 8. The van der Waals surface area contributed by atoms with Crippen LogP contribution in [0.3, 0.4) is 0 Å². The zero-order valence-corrected chi connectivity index (χ0v) is 16.1. The van der Waals surface area contributed by atoms with Gasteiger partial charge in [-0.3, -0.25) is 9.59 Å². The maximum absolute atomic E-state index is 12.2. The number of nitrogens with zero attached hydrogens (tertiary/aromatic N) is 2. The summed E-state index contributed by atoms with van der Waals surface area (Å²) in [4.78, 5) is 46.9. The fourth-order valence-electron chi connectivity index (χ4n) is 1.59. The van der Waals surface area contributed by atoms with E-state index in [1.54, 1.807) is 0 Å². The SMILES string of the molecule is CC(C)C(C)CNN(C(=O)O)C(=O)C(=O)N(NCC(C)C(C)C)C(=O)O. The van der Waals surface area contributed by atoms with Crippen molar-refractivity contribution in [2.45, 2.75) is 41.5 Å². The average molecular weight is 374 g/mol. The van der Waals surface area contributed by atoms with Gasteiger partial charge in [0.15, 0.2) is 0 Å². The van der Waals surface area contributed by atoms with E-state index in [0.717, 1.165) is 0 Å². The molecule has 0 aromatic heterocycles. The minimum Gasteiger partial charge on any atom is -0.464 e. The topological polar surface area (TPSA) is 139 Å². The molecule has 0 heterocycles. The summed E-state index contributed by atoms with van der Waals surface area (Å²) in [6, 6.07) is 0. The van der Waals surface area contributed by atoms with E-state index in [4.69, 9.17) is 10.2 Å². The van der Waals surface area contributed by atoms with E-state index in [1.165, 1.54) is 0 Å². The van der Waals surface area contributed by atoms with Gasteiger partial charge in [0.05, 0.1) is 0 Å². The maximum Gasteiger partial charge on any atom is 0.429 e. The van der Waals surface area contributed by atoms with Gasteiger partial charge in [0.2, 0.25) is 0 Å². The molecule has 26 heavy (non-hydrogen) atoms. The number of amides is 4. The average Bonchev–Trinajstić information content (AvgIpc) is 2.53. The first kappa shape index (κ1) is 23.8. The Morgan fingerprint density at radius 3 is 1.15 bits per heavy atom. The van der Waals surface area contributed by atoms with E-state index in [2.05, 4.69) is 10.9 Å². The highest BCUT2D eigenvalue weighted by molar-refractivity contribution is 6.38. The van der Waals surface area contributed by atoms with Gasteiger partial charge in [-0.2, -0.15) is 10.0 Å².